The van der Waals surface area contributed by atoms with Gasteiger partial charge in [0.1, 0.15) is 12.7 Å². The Morgan fingerprint density at radius 2 is 1.00 bits per heavy atom. The van der Waals surface area contributed by atoms with Crippen molar-refractivity contribution in [2.24, 2.45) is 0 Å². The van der Waals surface area contributed by atoms with Crippen LogP contribution in [0.5, 0.6) is 0 Å². The summed E-state index contributed by atoms with van der Waals surface area (Å²) in [7, 11) is -4.48. The topological polar surface area (TPSA) is 152 Å². The number of unbranched alkanes of at least 4 members (excludes halogenated alkanes) is 2. The van der Waals surface area contributed by atoms with E-state index < -0.39 is 70.4 Å². The van der Waals surface area contributed by atoms with Crippen LogP contribution in [0, 0.1) is 0 Å². The van der Waals surface area contributed by atoms with E-state index in [0.717, 1.165) is 0 Å². The van der Waals surface area contributed by atoms with Gasteiger partial charge in [0.2, 0.25) is 15.5 Å². The van der Waals surface area contributed by atoms with E-state index in [2.05, 4.69) is 0 Å². The summed E-state index contributed by atoms with van der Waals surface area (Å²) in [5.41, 5.74) is -1.36. The van der Waals surface area contributed by atoms with Gasteiger partial charge in [-0.3, -0.25) is 0 Å². The minimum Gasteiger partial charge on any atom is -0.458 e. The molecule has 12 nitrogen and oxygen atoms in total. The van der Waals surface area contributed by atoms with Gasteiger partial charge in [-0.2, -0.15) is 4.31 Å². The molecule has 0 N–H and O–H groups in total. The van der Waals surface area contributed by atoms with Crippen molar-refractivity contribution in [1.82, 2.24) is 4.31 Å². The first-order valence-corrected chi connectivity index (χ1v) is 19.8. The maximum Gasteiger partial charge on any atom is 0.338 e. The maximum absolute atomic E-state index is 14.7. The second kappa shape index (κ2) is 19.8. The van der Waals surface area contributed by atoms with E-state index in [1.165, 1.54) is 52.8 Å². The van der Waals surface area contributed by atoms with Gasteiger partial charge in [0.25, 0.3) is 0 Å². The van der Waals surface area contributed by atoms with Crippen LogP contribution in [0.3, 0.4) is 0 Å². The molecule has 0 amide bonds. The summed E-state index contributed by atoms with van der Waals surface area (Å²) in [6, 6.07) is 31.9. The fourth-order valence-electron chi connectivity index (χ4n) is 5.95. The van der Waals surface area contributed by atoms with Crippen LogP contribution in [-0.2, 0) is 33.7 Å². The van der Waals surface area contributed by atoms with E-state index >= 15 is 0 Å². The molecule has 4 aromatic rings. The molecular weight excluding hydrogens is 727 g/mol. The molecule has 1 saturated heterocycles. The average Bonchev–Trinajstić information content (AvgIpc) is 3.57. The standard InChI is InChI=1S/C42H45NO11S/c1-3-5-27-43(28-6-4-2)55(48,49)42-37(53-41(47)33-25-17-10-18-26-33)36(52-40(46)32-23-15-9-16-24-32)35(54-42)34(51-39(45)31-21-13-8-14-22-31)29-50-38(44)30-19-11-7-12-20-30/h7-26,34-37,42H,3-6,27-29H2,1-2H3/t34-,35+,36+,37-,42+/m1/s1. The zero-order valence-corrected chi connectivity index (χ0v) is 31.5. The van der Waals surface area contributed by atoms with Crippen LogP contribution in [0.25, 0.3) is 0 Å². The normalized spacial score (nSPS) is 18.6. The molecule has 290 valence electrons. The number of benzene rings is 4. The Balaban J connectivity index is 1.61. The molecule has 0 aliphatic carbocycles. The summed E-state index contributed by atoms with van der Waals surface area (Å²) in [5.74, 6) is -3.41. The summed E-state index contributed by atoms with van der Waals surface area (Å²) in [6.45, 7) is 3.52. The number of carbonyl (C=O) groups is 4. The number of esters is 4. The number of hydrogen-bond donors (Lipinski definition) is 0. The Bertz CT molecular complexity index is 1950. The number of nitrogens with zero attached hydrogens (tertiary/aromatic N) is 1. The highest BCUT2D eigenvalue weighted by Gasteiger charge is 2.59. The largest absolute Gasteiger partial charge is 0.458 e. The summed E-state index contributed by atoms with van der Waals surface area (Å²) in [6.07, 6.45) is -4.16. The molecule has 1 aliphatic heterocycles. The lowest BCUT2D eigenvalue weighted by molar-refractivity contribution is -0.0905. The molecule has 13 heteroatoms. The summed E-state index contributed by atoms with van der Waals surface area (Å²) in [4.78, 5) is 54.3. The highest BCUT2D eigenvalue weighted by Crippen LogP contribution is 2.36. The van der Waals surface area contributed by atoms with Gasteiger partial charge in [0.15, 0.2) is 18.3 Å². The molecule has 5 rings (SSSR count). The number of carbonyl (C=O) groups excluding carboxylic acids is 4. The lowest BCUT2D eigenvalue weighted by Crippen LogP contribution is -2.49. The zero-order chi connectivity index (χ0) is 39.2. The van der Waals surface area contributed by atoms with Crippen LogP contribution in [-0.4, -0.2) is 86.1 Å². The molecular formula is C42H45NO11S. The summed E-state index contributed by atoms with van der Waals surface area (Å²) >= 11 is 0. The van der Waals surface area contributed by atoms with Gasteiger partial charge in [-0.05, 0) is 61.4 Å². The number of ether oxygens (including phenoxy) is 5. The van der Waals surface area contributed by atoms with Crippen molar-refractivity contribution in [2.45, 2.75) is 69.4 Å². The van der Waals surface area contributed by atoms with E-state index in [9.17, 15) is 27.6 Å². The first kappa shape index (κ1) is 40.8. The quantitative estimate of drug-likeness (QED) is 0.0808. The molecule has 0 aromatic heterocycles. The fraction of sp³-hybridized carbons (Fsp3) is 0.333. The third-order valence-electron chi connectivity index (χ3n) is 8.91. The average molecular weight is 772 g/mol. The number of rotatable bonds is 18. The third-order valence-corrected chi connectivity index (χ3v) is 11.0. The lowest BCUT2D eigenvalue weighted by Gasteiger charge is -2.29. The van der Waals surface area contributed by atoms with Crippen LogP contribution in [0.4, 0.5) is 0 Å². The summed E-state index contributed by atoms with van der Waals surface area (Å²) in [5, 5.41) is 0. The second-order valence-corrected chi connectivity index (χ2v) is 14.9. The van der Waals surface area contributed by atoms with Crippen LogP contribution in [0.15, 0.2) is 121 Å². The van der Waals surface area contributed by atoms with Crippen LogP contribution < -0.4 is 0 Å². The molecule has 4 aromatic carbocycles. The SMILES string of the molecule is CCCCN(CCCC)S(=O)(=O)[C@@H]1O[C@@H]([C@@H](COC(=O)c2ccccc2)OC(=O)c2ccccc2)[C@H](OC(=O)c2ccccc2)[C@H]1OC(=O)c1ccccc1. The smallest absolute Gasteiger partial charge is 0.338 e. The third kappa shape index (κ3) is 10.7. The Hall–Kier alpha value is -5.37. The highest BCUT2D eigenvalue weighted by molar-refractivity contribution is 7.89. The summed E-state index contributed by atoms with van der Waals surface area (Å²) < 4.78 is 60.6. The number of sulfonamides is 1. The van der Waals surface area contributed by atoms with Gasteiger partial charge < -0.3 is 23.7 Å². The molecule has 5 atom stereocenters. The monoisotopic (exact) mass is 771 g/mol. The molecule has 1 heterocycles. The Morgan fingerprint density at radius 3 is 1.44 bits per heavy atom. The Labute approximate surface area is 321 Å². The Kier molecular flexibility index (Phi) is 14.7. The van der Waals surface area contributed by atoms with Gasteiger partial charge in [-0.15, -0.1) is 0 Å². The molecule has 0 saturated carbocycles. The molecule has 1 aliphatic rings. The molecule has 0 unspecified atom stereocenters. The second-order valence-electron chi connectivity index (χ2n) is 12.9. The van der Waals surface area contributed by atoms with Gasteiger partial charge in [-0.25, -0.2) is 27.6 Å². The molecule has 55 heavy (non-hydrogen) atoms. The van der Waals surface area contributed by atoms with Gasteiger partial charge in [0, 0.05) is 13.1 Å². The van der Waals surface area contributed by atoms with Crippen molar-refractivity contribution in [1.29, 1.82) is 0 Å². The highest BCUT2D eigenvalue weighted by atomic mass is 32.2. The van der Waals surface area contributed by atoms with Crippen molar-refractivity contribution in [3.8, 4) is 0 Å². The first-order valence-electron chi connectivity index (χ1n) is 18.3. The number of hydrogen-bond acceptors (Lipinski definition) is 11. The maximum atomic E-state index is 14.7. The van der Waals surface area contributed by atoms with Crippen molar-refractivity contribution < 1.29 is 51.3 Å². The van der Waals surface area contributed by atoms with Crippen LogP contribution >= 0.6 is 0 Å². The molecule has 0 bridgehead atoms. The zero-order valence-electron chi connectivity index (χ0n) is 30.7. The lowest BCUT2D eigenvalue weighted by atomic mass is 10.1. The van der Waals surface area contributed by atoms with E-state index in [1.54, 1.807) is 72.8 Å². The first-order chi connectivity index (χ1) is 26.6. The fourth-order valence-corrected chi connectivity index (χ4v) is 7.83. The van der Waals surface area contributed by atoms with Crippen LogP contribution in [0.2, 0.25) is 0 Å². The molecule has 0 spiro atoms. The van der Waals surface area contributed by atoms with Gasteiger partial charge in [0.05, 0.1) is 22.3 Å². The van der Waals surface area contributed by atoms with Gasteiger partial charge >= 0.3 is 23.9 Å². The van der Waals surface area contributed by atoms with Crippen molar-refractivity contribution in [3.63, 3.8) is 0 Å². The van der Waals surface area contributed by atoms with Crippen molar-refractivity contribution in [2.75, 3.05) is 19.7 Å². The Morgan fingerprint density at radius 1 is 0.600 bits per heavy atom. The molecule has 1 fully saturated rings. The van der Waals surface area contributed by atoms with Crippen LogP contribution in [0.1, 0.15) is 81.0 Å². The molecule has 0 radical (unpaired) electrons. The van der Waals surface area contributed by atoms with Crippen molar-refractivity contribution >= 4 is 33.9 Å². The minimum atomic E-state index is -4.48. The van der Waals surface area contributed by atoms with E-state index in [4.69, 9.17) is 23.7 Å². The van der Waals surface area contributed by atoms with Gasteiger partial charge in [-0.1, -0.05) is 99.5 Å². The van der Waals surface area contributed by atoms with E-state index in [-0.39, 0.29) is 35.3 Å². The minimum absolute atomic E-state index is 0.105. The van der Waals surface area contributed by atoms with Crippen molar-refractivity contribution in [3.05, 3.63) is 144 Å². The van der Waals surface area contributed by atoms with E-state index in [1.807, 2.05) is 13.8 Å². The predicted octanol–water partition coefficient (Wildman–Crippen LogP) is 6.48. The van der Waals surface area contributed by atoms with E-state index in [0.29, 0.717) is 25.7 Å². The predicted molar refractivity (Wildman–Crippen MR) is 203 cm³/mol.